The van der Waals surface area contributed by atoms with Gasteiger partial charge >= 0.3 is 5.97 Å². The molecular formula is C20H2Cl2I8O5. The minimum Gasteiger partial charge on any atom is -0.506 e. The molecule has 3 aromatic carbocycles. The Morgan fingerprint density at radius 3 is 1.74 bits per heavy atom. The lowest BCUT2D eigenvalue weighted by Crippen LogP contribution is -2.36. The van der Waals surface area contributed by atoms with Gasteiger partial charge in [-0.25, -0.2) is 4.79 Å². The first-order valence-corrected chi connectivity index (χ1v) is 18.2. The Bertz CT molecular complexity index is 1490. The molecule has 0 saturated carbocycles. The fourth-order valence-electron chi connectivity index (χ4n) is 4.05. The van der Waals surface area contributed by atoms with Gasteiger partial charge < -0.3 is 19.7 Å². The van der Waals surface area contributed by atoms with Crippen molar-refractivity contribution in [3.63, 3.8) is 0 Å². The number of aromatic hydroxyl groups is 2. The predicted octanol–water partition coefficient (Wildman–Crippen LogP) is 9.81. The Morgan fingerprint density at radius 2 is 1.11 bits per heavy atom. The Morgan fingerprint density at radius 1 is 0.600 bits per heavy atom. The normalized spacial score (nSPS) is 17.7. The fraction of sp³-hybridized carbons (Fsp3) is 0.0500. The summed E-state index contributed by atoms with van der Waals surface area (Å²) in [6.07, 6.45) is 0. The summed E-state index contributed by atoms with van der Waals surface area (Å²) in [6.45, 7) is 0. The van der Waals surface area contributed by atoms with E-state index in [0.29, 0.717) is 42.3 Å². The molecule has 0 bridgehead atoms. The van der Waals surface area contributed by atoms with Crippen molar-refractivity contribution in [2.45, 2.75) is 5.60 Å². The zero-order valence-electron chi connectivity index (χ0n) is 15.9. The van der Waals surface area contributed by atoms with Gasteiger partial charge in [-0.1, -0.05) is 23.2 Å². The van der Waals surface area contributed by atoms with Gasteiger partial charge in [0.1, 0.15) is 10.8 Å². The van der Waals surface area contributed by atoms with Crippen molar-refractivity contribution in [3.8, 4) is 23.0 Å². The summed E-state index contributed by atoms with van der Waals surface area (Å²) in [7, 11) is 0. The van der Waals surface area contributed by atoms with Crippen LogP contribution < -0.4 is 4.74 Å². The number of benzene rings is 3. The van der Waals surface area contributed by atoms with E-state index in [2.05, 4.69) is 136 Å². The lowest BCUT2D eigenvalue weighted by molar-refractivity contribution is 0.0218. The molecule has 2 aliphatic rings. The number of hydrogen-bond donors (Lipinski definition) is 2. The van der Waals surface area contributed by atoms with E-state index in [1.54, 1.807) is 0 Å². The van der Waals surface area contributed by atoms with Crippen molar-refractivity contribution in [2.75, 3.05) is 0 Å². The first kappa shape index (κ1) is 29.4. The standard InChI is InChI=1S/C20H2Cl2I8O5/c21-5-3-17(13(29)15(31)6(5)22)34-18-4(9(25)12(28)16(32)14(18)30)20(3)2-1(19(33)35-20)7(23)10(26)11(27)8(2)24/h31-32H. The maximum absolute atomic E-state index is 13.6. The van der Waals surface area contributed by atoms with Gasteiger partial charge in [-0.15, -0.1) is 0 Å². The molecule has 0 amide bonds. The molecule has 2 heterocycles. The second kappa shape index (κ2) is 10.3. The maximum atomic E-state index is 13.6. The molecule has 2 aliphatic heterocycles. The fourth-order valence-corrected chi connectivity index (χ4v) is 11.7. The number of ether oxygens (including phenoxy) is 2. The van der Waals surface area contributed by atoms with Crippen LogP contribution in [0.25, 0.3) is 0 Å². The topological polar surface area (TPSA) is 76.0 Å². The highest BCUT2D eigenvalue weighted by atomic mass is 127. The summed E-state index contributed by atoms with van der Waals surface area (Å²) in [4.78, 5) is 13.6. The van der Waals surface area contributed by atoms with Crippen molar-refractivity contribution in [3.05, 3.63) is 60.9 Å². The third-order valence-corrected chi connectivity index (χ3v) is 18.9. The largest absolute Gasteiger partial charge is 0.506 e. The van der Waals surface area contributed by atoms with E-state index in [1.165, 1.54) is 0 Å². The molecule has 182 valence electrons. The number of hydrogen-bond acceptors (Lipinski definition) is 5. The number of fused-ring (bicyclic) bond motifs is 6. The smallest absolute Gasteiger partial charge is 0.341 e. The number of phenols is 2. The van der Waals surface area contributed by atoms with Gasteiger partial charge in [-0.3, -0.25) is 0 Å². The highest BCUT2D eigenvalue weighted by molar-refractivity contribution is 14.1. The summed E-state index contributed by atoms with van der Waals surface area (Å²) in [5, 5.41) is 21.5. The quantitative estimate of drug-likeness (QED) is 0.102. The van der Waals surface area contributed by atoms with Crippen LogP contribution >= 0.6 is 204 Å². The second-order valence-electron chi connectivity index (χ2n) is 7.17. The lowest BCUT2D eigenvalue weighted by Gasteiger charge is -2.39. The molecule has 5 nitrogen and oxygen atoms in total. The van der Waals surface area contributed by atoms with Gasteiger partial charge in [0, 0.05) is 23.4 Å². The van der Waals surface area contributed by atoms with Gasteiger partial charge in [0.05, 0.1) is 32.4 Å². The Labute approximate surface area is 317 Å². The number of halogens is 10. The Kier molecular flexibility index (Phi) is 8.70. The lowest BCUT2D eigenvalue weighted by atomic mass is 9.77. The van der Waals surface area contributed by atoms with Crippen LogP contribution in [0.3, 0.4) is 0 Å². The second-order valence-corrected chi connectivity index (χ2v) is 16.6. The molecule has 1 atom stereocenters. The molecule has 1 spiro atoms. The van der Waals surface area contributed by atoms with Crippen LogP contribution in [-0.2, 0) is 10.3 Å². The number of rotatable bonds is 0. The van der Waals surface area contributed by atoms with Gasteiger partial charge in [0.25, 0.3) is 0 Å². The van der Waals surface area contributed by atoms with Gasteiger partial charge in [-0.2, -0.15) is 0 Å². The highest BCUT2D eigenvalue weighted by Crippen LogP contribution is 2.65. The molecule has 35 heavy (non-hydrogen) atoms. The van der Waals surface area contributed by atoms with Crippen LogP contribution in [0.2, 0.25) is 10.0 Å². The van der Waals surface area contributed by atoms with Crippen LogP contribution in [0, 0.1) is 28.6 Å². The molecule has 15 heteroatoms. The van der Waals surface area contributed by atoms with Gasteiger partial charge in [0.2, 0.25) is 0 Å². The molecule has 0 fully saturated rings. The number of phenolic OH excluding ortho intramolecular Hbond substituents is 2. The van der Waals surface area contributed by atoms with Crippen molar-refractivity contribution in [2.24, 2.45) is 0 Å². The van der Waals surface area contributed by atoms with E-state index in [0.717, 1.165) is 14.3 Å². The first-order valence-electron chi connectivity index (χ1n) is 8.86. The summed E-state index contributed by atoms with van der Waals surface area (Å²) >= 11 is 30.4. The molecule has 0 aliphatic carbocycles. The monoisotopic (exact) mass is 1410 g/mol. The zero-order chi connectivity index (χ0) is 25.9. The van der Waals surface area contributed by atoms with Crippen molar-refractivity contribution >= 4 is 210 Å². The van der Waals surface area contributed by atoms with E-state index in [4.69, 9.17) is 32.7 Å². The summed E-state index contributed by atoms with van der Waals surface area (Å²) in [6, 6.07) is 0. The van der Waals surface area contributed by atoms with Crippen LogP contribution in [-0.4, -0.2) is 16.2 Å². The van der Waals surface area contributed by atoms with Gasteiger partial charge in [0.15, 0.2) is 22.8 Å². The number of esters is 1. The minimum atomic E-state index is -1.52. The SMILES string of the molecule is O=C1OC2(c3c(Cl)c(Cl)c(O)c(I)c3Oc3c(I)c(O)c(I)c(I)c32)c2c(I)c(I)c(I)c(I)c21. The third-order valence-electron chi connectivity index (χ3n) is 5.49. The summed E-state index contributed by atoms with van der Waals surface area (Å²) in [5.41, 5.74) is 0.455. The average molecular weight is 1410 g/mol. The average Bonchev–Trinajstić information content (AvgIpc) is 3.12. The van der Waals surface area contributed by atoms with E-state index < -0.39 is 11.6 Å². The van der Waals surface area contributed by atoms with Crippen LogP contribution in [0.5, 0.6) is 23.0 Å². The minimum absolute atomic E-state index is 0.0270. The Hall–Kier alpha value is 2.95. The maximum Gasteiger partial charge on any atom is 0.341 e. The van der Waals surface area contributed by atoms with Gasteiger partial charge in [-0.05, 0) is 181 Å². The molecule has 0 aromatic heterocycles. The molecule has 5 rings (SSSR count). The molecule has 2 N–H and O–H groups in total. The molecule has 3 aromatic rings. The molecule has 0 saturated heterocycles. The van der Waals surface area contributed by atoms with Crippen LogP contribution in [0.1, 0.15) is 27.0 Å². The van der Waals surface area contributed by atoms with E-state index in [9.17, 15) is 15.0 Å². The van der Waals surface area contributed by atoms with Crippen molar-refractivity contribution in [1.82, 2.24) is 0 Å². The van der Waals surface area contributed by atoms with Crippen LogP contribution in [0.4, 0.5) is 0 Å². The third kappa shape index (κ3) is 4.02. The van der Waals surface area contributed by atoms with E-state index in [1.807, 2.05) is 45.2 Å². The van der Waals surface area contributed by atoms with Crippen LogP contribution in [0.15, 0.2) is 0 Å². The highest BCUT2D eigenvalue weighted by Gasteiger charge is 2.59. The molecule has 0 radical (unpaired) electrons. The van der Waals surface area contributed by atoms with E-state index >= 15 is 0 Å². The number of carbonyl (C=O) groups excluding carboxylic acids is 1. The predicted molar refractivity (Wildman–Crippen MR) is 200 cm³/mol. The van der Waals surface area contributed by atoms with Crippen molar-refractivity contribution in [1.29, 1.82) is 0 Å². The first-order chi connectivity index (χ1) is 16.3. The Balaban J connectivity index is 2.13. The van der Waals surface area contributed by atoms with Crippen molar-refractivity contribution < 1.29 is 24.5 Å². The van der Waals surface area contributed by atoms with E-state index in [-0.39, 0.29) is 27.3 Å². The summed E-state index contributed by atoms with van der Waals surface area (Å²) < 4.78 is 18.3. The summed E-state index contributed by atoms with van der Waals surface area (Å²) in [5.74, 6) is -0.131. The molecule has 1 unspecified atom stereocenters. The molecular weight excluding hydrogens is 1410 g/mol. The zero-order valence-corrected chi connectivity index (χ0v) is 34.7. The number of carbonyl (C=O) groups is 1.